The summed E-state index contributed by atoms with van der Waals surface area (Å²) in [6.45, 7) is 0. The highest BCUT2D eigenvalue weighted by atomic mass is 16.1. The summed E-state index contributed by atoms with van der Waals surface area (Å²) in [5.41, 5.74) is 12.5. The summed E-state index contributed by atoms with van der Waals surface area (Å²) >= 11 is 0. The smallest absolute Gasteiger partial charge is 0.228 e. The van der Waals surface area contributed by atoms with Crippen LogP contribution in [0.5, 0.6) is 0 Å². The van der Waals surface area contributed by atoms with Crippen molar-refractivity contribution in [2.75, 3.05) is 5.32 Å². The molecule has 21 heavy (non-hydrogen) atoms. The van der Waals surface area contributed by atoms with Crippen LogP contribution < -0.4 is 11.1 Å². The fourth-order valence-electron chi connectivity index (χ4n) is 3.58. The molecule has 0 bridgehead atoms. The van der Waals surface area contributed by atoms with Gasteiger partial charge < -0.3 is 11.1 Å². The van der Waals surface area contributed by atoms with Crippen molar-refractivity contribution in [2.45, 2.75) is 25.3 Å². The molecular formula is C18H18N2O. The van der Waals surface area contributed by atoms with Crippen molar-refractivity contribution in [1.82, 2.24) is 0 Å². The van der Waals surface area contributed by atoms with Crippen molar-refractivity contribution in [2.24, 2.45) is 11.7 Å². The first kappa shape index (κ1) is 12.6. The van der Waals surface area contributed by atoms with E-state index in [4.69, 9.17) is 5.73 Å². The molecule has 2 aliphatic rings. The van der Waals surface area contributed by atoms with Crippen LogP contribution in [-0.4, -0.2) is 5.91 Å². The number of rotatable bonds is 2. The number of amides is 1. The zero-order valence-corrected chi connectivity index (χ0v) is 11.8. The molecule has 1 unspecified atom stereocenters. The molecule has 1 atom stereocenters. The van der Waals surface area contributed by atoms with Crippen LogP contribution in [0.1, 0.15) is 28.3 Å². The highest BCUT2D eigenvalue weighted by Crippen LogP contribution is 2.35. The quantitative estimate of drug-likeness (QED) is 0.887. The summed E-state index contributed by atoms with van der Waals surface area (Å²) < 4.78 is 0. The molecule has 0 spiro atoms. The van der Waals surface area contributed by atoms with E-state index in [1.807, 2.05) is 6.07 Å². The molecule has 0 fully saturated rings. The van der Waals surface area contributed by atoms with Crippen molar-refractivity contribution >= 4 is 11.6 Å². The van der Waals surface area contributed by atoms with Crippen molar-refractivity contribution in [3.8, 4) is 0 Å². The maximum Gasteiger partial charge on any atom is 0.228 e. The third kappa shape index (κ3) is 2.14. The average molecular weight is 278 g/mol. The average Bonchev–Trinajstić information content (AvgIpc) is 3.07. The second-order valence-corrected chi connectivity index (χ2v) is 6.10. The number of carbonyl (C=O) groups is 1. The van der Waals surface area contributed by atoms with Gasteiger partial charge in [0.25, 0.3) is 0 Å². The molecular weight excluding hydrogens is 260 g/mol. The predicted molar refractivity (Wildman–Crippen MR) is 83.0 cm³/mol. The Morgan fingerprint density at radius 3 is 2.48 bits per heavy atom. The SMILES string of the molecule is NC(c1ccc2c(c1)CC(=O)N2)C1Cc2ccccc2C1. The third-order valence-electron chi connectivity index (χ3n) is 4.73. The first-order valence-corrected chi connectivity index (χ1v) is 7.46. The van der Waals surface area contributed by atoms with E-state index in [0.29, 0.717) is 12.3 Å². The third-order valence-corrected chi connectivity index (χ3v) is 4.73. The first-order chi connectivity index (χ1) is 10.2. The second kappa shape index (κ2) is 4.71. The molecule has 1 aliphatic heterocycles. The van der Waals surface area contributed by atoms with Crippen LogP contribution in [0, 0.1) is 5.92 Å². The van der Waals surface area contributed by atoms with Crippen molar-refractivity contribution < 1.29 is 4.79 Å². The minimum absolute atomic E-state index is 0.0263. The number of fused-ring (bicyclic) bond motifs is 2. The Morgan fingerprint density at radius 1 is 1.05 bits per heavy atom. The Bertz CT molecular complexity index is 698. The van der Waals surface area contributed by atoms with Gasteiger partial charge in [0.2, 0.25) is 5.91 Å². The summed E-state index contributed by atoms with van der Waals surface area (Å²) in [5.74, 6) is 0.523. The molecule has 1 aliphatic carbocycles. The maximum atomic E-state index is 11.4. The number of anilines is 1. The lowest BCUT2D eigenvalue weighted by Crippen LogP contribution is -2.22. The molecule has 3 N–H and O–H groups in total. The number of benzene rings is 2. The Balaban J connectivity index is 1.58. The molecule has 0 saturated heterocycles. The van der Waals surface area contributed by atoms with E-state index in [1.54, 1.807) is 0 Å². The van der Waals surface area contributed by atoms with Crippen LogP contribution >= 0.6 is 0 Å². The van der Waals surface area contributed by atoms with E-state index in [0.717, 1.165) is 29.7 Å². The summed E-state index contributed by atoms with van der Waals surface area (Å²) in [6.07, 6.45) is 2.57. The maximum absolute atomic E-state index is 11.4. The summed E-state index contributed by atoms with van der Waals surface area (Å²) in [5, 5.41) is 2.87. The van der Waals surface area contributed by atoms with Crippen LogP contribution in [-0.2, 0) is 24.1 Å². The predicted octanol–water partition coefficient (Wildman–Crippen LogP) is 2.60. The first-order valence-electron chi connectivity index (χ1n) is 7.46. The number of hydrogen-bond acceptors (Lipinski definition) is 2. The van der Waals surface area contributed by atoms with Gasteiger partial charge >= 0.3 is 0 Å². The molecule has 2 aromatic rings. The Hall–Kier alpha value is -2.13. The normalized spacial score (nSPS) is 18.2. The zero-order valence-electron chi connectivity index (χ0n) is 11.8. The van der Waals surface area contributed by atoms with Gasteiger partial charge in [-0.15, -0.1) is 0 Å². The standard InChI is InChI=1S/C18H18N2O/c19-18(15-7-11-3-1-2-4-12(11)8-15)13-5-6-16-14(9-13)10-17(21)20-16/h1-6,9,15,18H,7-8,10,19H2,(H,20,21). The van der Waals surface area contributed by atoms with Crippen molar-refractivity contribution in [3.05, 3.63) is 64.7 Å². The van der Waals surface area contributed by atoms with E-state index >= 15 is 0 Å². The monoisotopic (exact) mass is 278 g/mol. The lowest BCUT2D eigenvalue weighted by atomic mass is 9.90. The van der Waals surface area contributed by atoms with Gasteiger partial charge in [0.1, 0.15) is 0 Å². The molecule has 0 saturated carbocycles. The second-order valence-electron chi connectivity index (χ2n) is 6.10. The Labute approximate surface area is 124 Å². The topological polar surface area (TPSA) is 55.1 Å². The van der Waals surface area contributed by atoms with Gasteiger partial charge in [0.05, 0.1) is 6.42 Å². The van der Waals surface area contributed by atoms with Gasteiger partial charge in [-0.05, 0) is 47.1 Å². The van der Waals surface area contributed by atoms with Crippen LogP contribution in [0.4, 0.5) is 5.69 Å². The number of carbonyl (C=O) groups excluding carboxylic acids is 1. The lowest BCUT2D eigenvalue weighted by Gasteiger charge is -2.20. The Kier molecular flexibility index (Phi) is 2.82. The summed E-state index contributed by atoms with van der Waals surface area (Å²) in [6, 6.07) is 14.8. The van der Waals surface area contributed by atoms with Gasteiger partial charge in [0, 0.05) is 11.7 Å². The van der Waals surface area contributed by atoms with Crippen LogP contribution in [0.25, 0.3) is 0 Å². The molecule has 3 nitrogen and oxygen atoms in total. The number of nitrogens with one attached hydrogen (secondary N) is 1. The number of nitrogens with two attached hydrogens (primary N) is 1. The zero-order chi connectivity index (χ0) is 14.4. The highest BCUT2D eigenvalue weighted by Gasteiger charge is 2.28. The molecule has 0 radical (unpaired) electrons. The van der Waals surface area contributed by atoms with Crippen molar-refractivity contribution in [3.63, 3.8) is 0 Å². The lowest BCUT2D eigenvalue weighted by molar-refractivity contribution is -0.115. The molecule has 1 heterocycles. The summed E-state index contributed by atoms with van der Waals surface area (Å²) in [4.78, 5) is 11.4. The number of hydrogen-bond donors (Lipinski definition) is 2. The van der Waals surface area contributed by atoms with E-state index in [2.05, 4.69) is 41.7 Å². The van der Waals surface area contributed by atoms with Crippen LogP contribution in [0.3, 0.4) is 0 Å². The minimum Gasteiger partial charge on any atom is -0.326 e. The highest BCUT2D eigenvalue weighted by molar-refractivity contribution is 5.99. The Morgan fingerprint density at radius 2 is 1.76 bits per heavy atom. The van der Waals surface area contributed by atoms with Crippen LogP contribution in [0.15, 0.2) is 42.5 Å². The van der Waals surface area contributed by atoms with Gasteiger partial charge in [-0.3, -0.25) is 4.79 Å². The van der Waals surface area contributed by atoms with Crippen LogP contribution in [0.2, 0.25) is 0 Å². The largest absolute Gasteiger partial charge is 0.326 e. The molecule has 1 amide bonds. The fourth-order valence-corrected chi connectivity index (χ4v) is 3.58. The summed E-state index contributed by atoms with van der Waals surface area (Å²) in [7, 11) is 0. The van der Waals surface area contributed by atoms with Gasteiger partial charge in [-0.1, -0.05) is 36.4 Å². The van der Waals surface area contributed by atoms with E-state index in [-0.39, 0.29) is 11.9 Å². The van der Waals surface area contributed by atoms with Gasteiger partial charge in [-0.25, -0.2) is 0 Å². The molecule has 0 aromatic heterocycles. The van der Waals surface area contributed by atoms with E-state index in [1.165, 1.54) is 11.1 Å². The molecule has 3 heteroatoms. The van der Waals surface area contributed by atoms with Crippen molar-refractivity contribution in [1.29, 1.82) is 0 Å². The van der Waals surface area contributed by atoms with Gasteiger partial charge in [0.15, 0.2) is 0 Å². The van der Waals surface area contributed by atoms with Gasteiger partial charge in [-0.2, -0.15) is 0 Å². The molecule has 4 rings (SSSR count). The minimum atomic E-state index is 0.0263. The van der Waals surface area contributed by atoms with E-state index < -0.39 is 0 Å². The van der Waals surface area contributed by atoms with E-state index in [9.17, 15) is 4.79 Å². The molecule has 106 valence electrons. The fraction of sp³-hybridized carbons (Fsp3) is 0.278. The molecule has 2 aromatic carbocycles.